The number of benzene rings is 1. The molecule has 1 aromatic heterocycles. The molecule has 0 aliphatic carbocycles. The Bertz CT molecular complexity index is 549. The van der Waals surface area contributed by atoms with E-state index in [-0.39, 0.29) is 4.88 Å². The third-order valence-corrected chi connectivity index (χ3v) is 3.03. The van der Waals surface area contributed by atoms with Crippen molar-refractivity contribution >= 4 is 17.5 Å². The molecule has 0 bridgehead atoms. The molecule has 0 unspecified atom stereocenters. The monoisotopic (exact) mass is 234 g/mol. The lowest BCUT2D eigenvalue weighted by atomic mass is 10.0. The molecule has 0 spiro atoms. The first-order valence-corrected chi connectivity index (χ1v) is 5.50. The van der Waals surface area contributed by atoms with Crippen molar-refractivity contribution in [1.82, 2.24) is 9.59 Å². The summed E-state index contributed by atoms with van der Waals surface area (Å²) >= 11 is 0.905. The number of aromatic carboxylic acids is 1. The van der Waals surface area contributed by atoms with Gasteiger partial charge in [0.2, 0.25) is 0 Å². The topological polar surface area (TPSA) is 63.1 Å². The highest BCUT2D eigenvalue weighted by Gasteiger charge is 2.17. The molecule has 2 aromatic rings. The van der Waals surface area contributed by atoms with Gasteiger partial charge < -0.3 is 5.11 Å². The molecule has 16 heavy (non-hydrogen) atoms. The number of aryl methyl sites for hydroxylation is 2. The molecule has 0 fully saturated rings. The number of aromatic nitrogens is 2. The Balaban J connectivity index is 2.59. The number of rotatable bonds is 2. The third kappa shape index (κ3) is 1.81. The first kappa shape index (κ1) is 10.8. The van der Waals surface area contributed by atoms with Crippen LogP contribution < -0.4 is 0 Å². The van der Waals surface area contributed by atoms with Crippen LogP contribution >= 0.6 is 11.5 Å². The van der Waals surface area contributed by atoms with Gasteiger partial charge in [0.05, 0.1) is 0 Å². The van der Waals surface area contributed by atoms with Gasteiger partial charge in [-0.2, -0.15) is 0 Å². The Hall–Kier alpha value is -1.75. The van der Waals surface area contributed by atoms with Gasteiger partial charge in [0, 0.05) is 5.56 Å². The van der Waals surface area contributed by atoms with Crippen LogP contribution in [-0.4, -0.2) is 20.7 Å². The van der Waals surface area contributed by atoms with E-state index in [0.717, 1.165) is 28.2 Å². The molecule has 0 atom stereocenters. The molecule has 4 nitrogen and oxygen atoms in total. The fraction of sp³-hybridized carbons (Fsp3) is 0.182. The average molecular weight is 234 g/mol. The molecule has 0 radical (unpaired) electrons. The van der Waals surface area contributed by atoms with E-state index < -0.39 is 5.97 Å². The molecule has 5 heteroatoms. The van der Waals surface area contributed by atoms with E-state index in [9.17, 15) is 4.79 Å². The molecule has 0 aliphatic rings. The van der Waals surface area contributed by atoms with Crippen molar-refractivity contribution in [2.45, 2.75) is 13.8 Å². The lowest BCUT2D eigenvalue weighted by Crippen LogP contribution is -1.96. The molecule has 1 N–H and O–H groups in total. The Kier molecular flexibility index (Phi) is 2.70. The van der Waals surface area contributed by atoms with Crippen molar-refractivity contribution in [3.8, 4) is 11.3 Å². The maximum atomic E-state index is 11.0. The van der Waals surface area contributed by atoms with Crippen LogP contribution in [0.15, 0.2) is 18.2 Å². The van der Waals surface area contributed by atoms with Crippen molar-refractivity contribution in [3.05, 3.63) is 34.2 Å². The molecule has 0 saturated carbocycles. The highest BCUT2D eigenvalue weighted by atomic mass is 32.1. The number of hydrogen-bond acceptors (Lipinski definition) is 4. The van der Waals surface area contributed by atoms with E-state index >= 15 is 0 Å². The Labute approximate surface area is 96.7 Å². The maximum absolute atomic E-state index is 11.0. The summed E-state index contributed by atoms with van der Waals surface area (Å²) in [5.41, 5.74) is 3.43. The van der Waals surface area contributed by atoms with Gasteiger partial charge in [0.1, 0.15) is 5.69 Å². The Morgan fingerprint density at radius 1 is 1.38 bits per heavy atom. The number of carboxylic acid groups (broad SMARTS) is 1. The fourth-order valence-corrected chi connectivity index (χ4v) is 2.11. The van der Waals surface area contributed by atoms with E-state index in [0.29, 0.717) is 5.69 Å². The molecule has 0 saturated heterocycles. The van der Waals surface area contributed by atoms with Crippen molar-refractivity contribution in [1.29, 1.82) is 0 Å². The van der Waals surface area contributed by atoms with Crippen LogP contribution in [0.2, 0.25) is 0 Å². The predicted octanol–water partition coefficient (Wildman–Crippen LogP) is 2.52. The van der Waals surface area contributed by atoms with E-state index in [4.69, 9.17) is 5.11 Å². The van der Waals surface area contributed by atoms with Gasteiger partial charge in [-0.25, -0.2) is 4.79 Å². The fourth-order valence-electron chi connectivity index (χ4n) is 1.59. The van der Waals surface area contributed by atoms with Gasteiger partial charge in [0.15, 0.2) is 4.88 Å². The van der Waals surface area contributed by atoms with E-state index in [1.807, 2.05) is 32.0 Å². The maximum Gasteiger partial charge on any atom is 0.349 e. The molecule has 0 aliphatic heterocycles. The summed E-state index contributed by atoms with van der Waals surface area (Å²) < 4.78 is 3.69. The molecule has 1 aromatic carbocycles. The zero-order valence-electron chi connectivity index (χ0n) is 8.89. The summed E-state index contributed by atoms with van der Waals surface area (Å²) in [4.78, 5) is 11.2. The van der Waals surface area contributed by atoms with Crippen molar-refractivity contribution in [2.24, 2.45) is 0 Å². The lowest BCUT2D eigenvalue weighted by molar-refractivity contribution is 0.0702. The van der Waals surface area contributed by atoms with E-state index in [1.165, 1.54) is 0 Å². The Morgan fingerprint density at radius 2 is 2.12 bits per heavy atom. The van der Waals surface area contributed by atoms with Crippen molar-refractivity contribution in [3.63, 3.8) is 0 Å². The average Bonchev–Trinajstić information content (AvgIpc) is 2.66. The summed E-state index contributed by atoms with van der Waals surface area (Å²) in [5.74, 6) is -0.982. The number of carboxylic acids is 1. The number of carbonyl (C=O) groups is 1. The van der Waals surface area contributed by atoms with E-state index in [2.05, 4.69) is 9.59 Å². The van der Waals surface area contributed by atoms with Crippen molar-refractivity contribution in [2.75, 3.05) is 0 Å². The summed E-state index contributed by atoms with van der Waals surface area (Å²) in [5, 5.41) is 12.9. The quantitative estimate of drug-likeness (QED) is 0.867. The molecule has 82 valence electrons. The second kappa shape index (κ2) is 4.02. The van der Waals surface area contributed by atoms with Crippen LogP contribution in [0.1, 0.15) is 20.8 Å². The zero-order valence-corrected chi connectivity index (χ0v) is 9.71. The minimum atomic E-state index is -0.982. The van der Waals surface area contributed by atoms with Gasteiger partial charge in [-0.1, -0.05) is 28.3 Å². The van der Waals surface area contributed by atoms with Gasteiger partial charge in [-0.15, -0.1) is 5.10 Å². The van der Waals surface area contributed by atoms with Gasteiger partial charge >= 0.3 is 5.97 Å². The third-order valence-electron chi connectivity index (χ3n) is 2.32. The summed E-state index contributed by atoms with van der Waals surface area (Å²) in [7, 11) is 0. The van der Waals surface area contributed by atoms with Crippen LogP contribution in [0.4, 0.5) is 0 Å². The molecular weight excluding hydrogens is 224 g/mol. The summed E-state index contributed by atoms with van der Waals surface area (Å²) in [6, 6.07) is 5.82. The SMILES string of the molecule is Cc1ccc(-c2nnsc2C(=O)O)c(C)c1. The summed E-state index contributed by atoms with van der Waals surface area (Å²) in [6.45, 7) is 3.93. The predicted molar refractivity (Wildman–Crippen MR) is 61.8 cm³/mol. The van der Waals surface area contributed by atoms with Crippen LogP contribution in [0.3, 0.4) is 0 Å². The van der Waals surface area contributed by atoms with Crippen LogP contribution in [0, 0.1) is 13.8 Å². The van der Waals surface area contributed by atoms with Gasteiger partial charge in [-0.05, 0) is 30.9 Å². The summed E-state index contributed by atoms with van der Waals surface area (Å²) in [6.07, 6.45) is 0. The second-order valence-corrected chi connectivity index (χ2v) is 4.33. The lowest BCUT2D eigenvalue weighted by Gasteiger charge is -2.04. The molecule has 2 rings (SSSR count). The number of nitrogens with zero attached hydrogens (tertiary/aromatic N) is 2. The highest BCUT2D eigenvalue weighted by Crippen LogP contribution is 2.27. The van der Waals surface area contributed by atoms with E-state index in [1.54, 1.807) is 0 Å². The zero-order chi connectivity index (χ0) is 11.7. The smallest absolute Gasteiger partial charge is 0.349 e. The van der Waals surface area contributed by atoms with Gasteiger partial charge in [-0.3, -0.25) is 0 Å². The molecule has 1 heterocycles. The van der Waals surface area contributed by atoms with Crippen LogP contribution in [0.5, 0.6) is 0 Å². The first-order chi connectivity index (χ1) is 7.59. The number of hydrogen-bond donors (Lipinski definition) is 1. The largest absolute Gasteiger partial charge is 0.477 e. The van der Waals surface area contributed by atoms with Crippen LogP contribution in [-0.2, 0) is 0 Å². The van der Waals surface area contributed by atoms with Gasteiger partial charge in [0.25, 0.3) is 0 Å². The highest BCUT2D eigenvalue weighted by molar-refractivity contribution is 7.08. The standard InChI is InChI=1S/C11H10N2O2S/c1-6-3-4-8(7(2)5-6)9-10(11(14)15)16-13-12-9/h3-5H,1-2H3,(H,14,15). The van der Waals surface area contributed by atoms with Crippen LogP contribution in [0.25, 0.3) is 11.3 Å². The minimum Gasteiger partial charge on any atom is -0.477 e. The molecular formula is C11H10N2O2S. The van der Waals surface area contributed by atoms with Crippen molar-refractivity contribution < 1.29 is 9.90 Å². The molecule has 0 amide bonds. The Morgan fingerprint density at radius 3 is 2.75 bits per heavy atom. The first-order valence-electron chi connectivity index (χ1n) is 4.73. The second-order valence-electron chi connectivity index (χ2n) is 3.57. The minimum absolute atomic E-state index is 0.187. The normalized spacial score (nSPS) is 10.4.